The number of benzene rings is 1. The smallest absolute Gasteiger partial charge is 0.257 e. The van der Waals surface area contributed by atoms with Gasteiger partial charge in [0.05, 0.1) is 12.4 Å². The molecule has 2 rings (SSSR count). The van der Waals surface area contributed by atoms with Crippen molar-refractivity contribution in [1.82, 2.24) is 9.97 Å². The first kappa shape index (κ1) is 12.3. The third-order valence-corrected chi connectivity index (χ3v) is 2.44. The predicted molar refractivity (Wildman–Crippen MR) is 67.5 cm³/mol. The molecule has 0 radical (unpaired) electrons. The summed E-state index contributed by atoms with van der Waals surface area (Å²) in [7, 11) is 0. The SMILES string of the molecule is O=C(Nc1cnc(Br)cn1)c1cc(O)cc(O)c1. The maximum Gasteiger partial charge on any atom is 0.257 e. The van der Waals surface area contributed by atoms with E-state index in [1.54, 1.807) is 0 Å². The number of hydrogen-bond acceptors (Lipinski definition) is 5. The lowest BCUT2D eigenvalue weighted by Crippen LogP contribution is -2.13. The number of rotatable bonds is 2. The number of hydrogen-bond donors (Lipinski definition) is 3. The number of aromatic hydroxyl groups is 2. The van der Waals surface area contributed by atoms with E-state index in [-0.39, 0.29) is 22.9 Å². The Morgan fingerprint density at radius 1 is 1.11 bits per heavy atom. The fourth-order valence-corrected chi connectivity index (χ4v) is 1.50. The van der Waals surface area contributed by atoms with Gasteiger partial charge in [-0.15, -0.1) is 0 Å². The monoisotopic (exact) mass is 309 g/mol. The number of phenolic OH excluding ortho intramolecular Hbond substituents is 2. The van der Waals surface area contributed by atoms with E-state index in [4.69, 9.17) is 0 Å². The van der Waals surface area contributed by atoms with Crippen molar-refractivity contribution in [3.63, 3.8) is 0 Å². The maximum absolute atomic E-state index is 11.8. The van der Waals surface area contributed by atoms with E-state index in [9.17, 15) is 15.0 Å². The zero-order chi connectivity index (χ0) is 13.1. The van der Waals surface area contributed by atoms with E-state index in [0.717, 1.165) is 6.07 Å². The molecule has 1 heterocycles. The van der Waals surface area contributed by atoms with E-state index in [2.05, 4.69) is 31.2 Å². The van der Waals surface area contributed by atoms with Gasteiger partial charge in [0.2, 0.25) is 0 Å². The molecule has 0 unspecified atom stereocenters. The van der Waals surface area contributed by atoms with Crippen LogP contribution in [0.5, 0.6) is 11.5 Å². The topological polar surface area (TPSA) is 95.3 Å². The molecule has 0 aliphatic carbocycles. The molecule has 1 aromatic heterocycles. The number of carbonyl (C=O) groups is 1. The van der Waals surface area contributed by atoms with Crippen LogP contribution in [0, 0.1) is 0 Å². The number of nitrogens with zero attached hydrogens (tertiary/aromatic N) is 2. The summed E-state index contributed by atoms with van der Waals surface area (Å²) in [5, 5.41) is 21.0. The standard InChI is InChI=1S/C11H8BrN3O3/c12-9-4-14-10(5-13-9)15-11(18)6-1-7(16)3-8(17)2-6/h1-5,16-17H,(H,14,15,18). The van der Waals surface area contributed by atoms with Crippen LogP contribution in [0.1, 0.15) is 10.4 Å². The lowest BCUT2D eigenvalue weighted by Gasteiger charge is -2.05. The van der Waals surface area contributed by atoms with Gasteiger partial charge in [-0.2, -0.15) is 0 Å². The Balaban J connectivity index is 2.19. The van der Waals surface area contributed by atoms with Gasteiger partial charge in [-0.1, -0.05) is 0 Å². The minimum absolute atomic E-state index is 0.122. The summed E-state index contributed by atoms with van der Waals surface area (Å²) < 4.78 is 0.551. The van der Waals surface area contributed by atoms with Crippen molar-refractivity contribution in [2.45, 2.75) is 0 Å². The van der Waals surface area contributed by atoms with E-state index >= 15 is 0 Å². The maximum atomic E-state index is 11.8. The molecule has 92 valence electrons. The van der Waals surface area contributed by atoms with Gasteiger partial charge in [0.25, 0.3) is 5.91 Å². The Bertz CT molecular complexity index is 566. The average molecular weight is 310 g/mol. The second-order valence-corrected chi connectivity index (χ2v) is 4.23. The van der Waals surface area contributed by atoms with Crippen molar-refractivity contribution in [2.24, 2.45) is 0 Å². The molecule has 0 bridgehead atoms. The first-order valence-corrected chi connectivity index (χ1v) is 5.66. The zero-order valence-corrected chi connectivity index (χ0v) is 10.5. The largest absolute Gasteiger partial charge is 0.508 e. The fraction of sp³-hybridized carbons (Fsp3) is 0. The molecule has 7 heteroatoms. The van der Waals surface area contributed by atoms with Crippen LogP contribution in [0.15, 0.2) is 35.2 Å². The van der Waals surface area contributed by atoms with Crippen molar-refractivity contribution >= 4 is 27.7 Å². The van der Waals surface area contributed by atoms with Crippen molar-refractivity contribution in [3.05, 3.63) is 40.8 Å². The molecule has 0 atom stereocenters. The number of carbonyl (C=O) groups excluding carboxylic acids is 1. The number of anilines is 1. The van der Waals surface area contributed by atoms with Crippen molar-refractivity contribution in [3.8, 4) is 11.5 Å². The summed E-state index contributed by atoms with van der Waals surface area (Å²) in [6, 6.07) is 3.61. The minimum Gasteiger partial charge on any atom is -0.508 e. The van der Waals surface area contributed by atoms with Crippen LogP contribution in [0.4, 0.5) is 5.82 Å². The molecule has 3 N–H and O–H groups in total. The second-order valence-electron chi connectivity index (χ2n) is 3.42. The van der Waals surface area contributed by atoms with Crippen LogP contribution >= 0.6 is 15.9 Å². The molecule has 0 aliphatic heterocycles. The summed E-state index contributed by atoms with van der Waals surface area (Å²) in [6.07, 6.45) is 2.82. The van der Waals surface area contributed by atoms with Gasteiger partial charge in [-0.3, -0.25) is 4.79 Å². The molecule has 18 heavy (non-hydrogen) atoms. The van der Waals surface area contributed by atoms with Crippen molar-refractivity contribution in [1.29, 1.82) is 0 Å². The number of aromatic nitrogens is 2. The molecule has 0 fully saturated rings. The van der Waals surface area contributed by atoms with Gasteiger partial charge in [0, 0.05) is 11.6 Å². The molecule has 0 aliphatic rings. The van der Waals surface area contributed by atoms with Crippen molar-refractivity contribution < 1.29 is 15.0 Å². The predicted octanol–water partition coefficient (Wildman–Crippen LogP) is 1.90. The van der Waals surface area contributed by atoms with Crippen LogP contribution < -0.4 is 5.32 Å². The third-order valence-electron chi connectivity index (χ3n) is 2.03. The van der Waals surface area contributed by atoms with Crippen molar-refractivity contribution in [2.75, 3.05) is 5.32 Å². The summed E-state index contributed by atoms with van der Waals surface area (Å²) in [6.45, 7) is 0. The van der Waals surface area contributed by atoms with Crippen LogP contribution in [0.3, 0.4) is 0 Å². The molecular formula is C11H8BrN3O3. The number of amides is 1. The van der Waals surface area contributed by atoms with Gasteiger partial charge in [-0.25, -0.2) is 9.97 Å². The summed E-state index contributed by atoms with van der Waals surface area (Å²) in [5.41, 5.74) is 0.122. The normalized spacial score (nSPS) is 10.1. The van der Waals surface area contributed by atoms with Gasteiger partial charge in [0.15, 0.2) is 5.82 Å². The quantitative estimate of drug-likeness (QED) is 0.787. The Labute approximate surface area is 110 Å². The summed E-state index contributed by atoms with van der Waals surface area (Å²) in [5.74, 6) is -0.618. The molecule has 0 spiro atoms. The summed E-state index contributed by atoms with van der Waals surface area (Å²) in [4.78, 5) is 19.6. The highest BCUT2D eigenvalue weighted by Crippen LogP contribution is 2.21. The minimum atomic E-state index is -0.502. The summed E-state index contributed by atoms with van der Waals surface area (Å²) >= 11 is 3.12. The Kier molecular flexibility index (Phi) is 3.42. The second kappa shape index (κ2) is 5.01. The number of halogens is 1. The van der Waals surface area contributed by atoms with Gasteiger partial charge < -0.3 is 15.5 Å². The molecule has 0 saturated heterocycles. The Morgan fingerprint density at radius 3 is 2.33 bits per heavy atom. The molecule has 6 nitrogen and oxygen atoms in total. The van der Waals surface area contributed by atoms with Gasteiger partial charge >= 0.3 is 0 Å². The highest BCUT2D eigenvalue weighted by atomic mass is 79.9. The average Bonchev–Trinajstić information content (AvgIpc) is 2.31. The van der Waals surface area contributed by atoms with E-state index in [1.807, 2.05) is 0 Å². The molecular weight excluding hydrogens is 302 g/mol. The lowest BCUT2D eigenvalue weighted by atomic mass is 10.2. The van der Waals surface area contributed by atoms with Gasteiger partial charge in [-0.05, 0) is 28.1 Å². The first-order valence-electron chi connectivity index (χ1n) is 4.86. The number of phenols is 2. The first-order chi connectivity index (χ1) is 8.54. The molecule has 1 amide bonds. The fourth-order valence-electron chi connectivity index (χ4n) is 1.29. The van der Waals surface area contributed by atoms with E-state index in [1.165, 1.54) is 24.5 Å². The zero-order valence-electron chi connectivity index (χ0n) is 8.96. The van der Waals surface area contributed by atoms with Crippen LogP contribution in [0.2, 0.25) is 0 Å². The molecule has 1 aromatic carbocycles. The Hall–Kier alpha value is -2.15. The van der Waals surface area contributed by atoms with Crippen LogP contribution in [-0.2, 0) is 0 Å². The third kappa shape index (κ3) is 2.95. The molecule has 0 saturated carbocycles. The number of nitrogens with one attached hydrogen (secondary N) is 1. The van der Waals surface area contributed by atoms with Crippen LogP contribution in [-0.4, -0.2) is 26.1 Å². The highest BCUT2D eigenvalue weighted by Gasteiger charge is 2.09. The van der Waals surface area contributed by atoms with E-state index < -0.39 is 5.91 Å². The lowest BCUT2D eigenvalue weighted by molar-refractivity contribution is 0.102. The highest BCUT2D eigenvalue weighted by molar-refractivity contribution is 9.10. The van der Waals surface area contributed by atoms with E-state index in [0.29, 0.717) is 4.60 Å². The van der Waals surface area contributed by atoms with Crippen LogP contribution in [0.25, 0.3) is 0 Å². The van der Waals surface area contributed by atoms with Gasteiger partial charge in [0.1, 0.15) is 16.1 Å². The Morgan fingerprint density at radius 2 is 1.78 bits per heavy atom. The molecule has 2 aromatic rings.